The van der Waals surface area contributed by atoms with Gasteiger partial charge in [0, 0.05) is 17.8 Å². The lowest BCUT2D eigenvalue weighted by molar-refractivity contribution is 0.0689. The number of aromatic carboxylic acids is 1. The van der Waals surface area contributed by atoms with E-state index in [0.29, 0.717) is 5.75 Å². The molecule has 0 atom stereocenters. The summed E-state index contributed by atoms with van der Waals surface area (Å²) in [5.41, 5.74) is 0.886. The van der Waals surface area contributed by atoms with Gasteiger partial charge in [-0.2, -0.15) is 0 Å². The summed E-state index contributed by atoms with van der Waals surface area (Å²) in [6.07, 6.45) is 3.96. The second-order valence-electron chi connectivity index (χ2n) is 5.44. The molecule has 1 aliphatic carbocycles. The number of hydrogen-bond acceptors (Lipinski definition) is 3. The van der Waals surface area contributed by atoms with Gasteiger partial charge < -0.3 is 9.84 Å². The average molecular weight is 235 g/mol. The molecule has 1 heterocycles. The van der Waals surface area contributed by atoms with Gasteiger partial charge in [0.05, 0.1) is 6.10 Å². The van der Waals surface area contributed by atoms with Crippen molar-refractivity contribution >= 4 is 5.97 Å². The fraction of sp³-hybridized carbons (Fsp3) is 0.538. The molecule has 1 fully saturated rings. The third-order valence-electron chi connectivity index (χ3n) is 2.71. The standard InChI is InChI=1S/C13H17NO3/c1-13(2,3)9-7-14-10(12(15)16)6-11(9)17-8-4-5-8/h6-8H,4-5H2,1-3H3,(H,15,16). The highest BCUT2D eigenvalue weighted by Gasteiger charge is 2.28. The second-order valence-corrected chi connectivity index (χ2v) is 5.44. The van der Waals surface area contributed by atoms with Crippen molar-refractivity contribution in [1.82, 2.24) is 4.98 Å². The minimum atomic E-state index is -1.02. The minimum Gasteiger partial charge on any atom is -0.490 e. The highest BCUT2D eigenvalue weighted by atomic mass is 16.5. The Hall–Kier alpha value is -1.58. The van der Waals surface area contributed by atoms with Gasteiger partial charge in [0.25, 0.3) is 0 Å². The van der Waals surface area contributed by atoms with Gasteiger partial charge in [-0.15, -0.1) is 0 Å². The van der Waals surface area contributed by atoms with Crippen LogP contribution in [-0.4, -0.2) is 22.2 Å². The third kappa shape index (κ3) is 2.75. The molecule has 4 heteroatoms. The molecule has 1 aliphatic rings. The molecule has 0 unspecified atom stereocenters. The predicted molar refractivity (Wildman–Crippen MR) is 63.5 cm³/mol. The van der Waals surface area contributed by atoms with Gasteiger partial charge in [-0.05, 0) is 18.3 Å². The molecule has 2 rings (SSSR count). The molecule has 0 amide bonds. The summed E-state index contributed by atoms with van der Waals surface area (Å²) >= 11 is 0. The Labute approximate surface area is 101 Å². The van der Waals surface area contributed by atoms with Crippen LogP contribution in [0.25, 0.3) is 0 Å². The molecule has 1 aromatic heterocycles. The average Bonchev–Trinajstić information content (AvgIpc) is 2.99. The summed E-state index contributed by atoms with van der Waals surface area (Å²) in [5.74, 6) is -0.362. The van der Waals surface area contributed by atoms with Gasteiger partial charge in [-0.1, -0.05) is 20.8 Å². The summed E-state index contributed by atoms with van der Waals surface area (Å²) in [6.45, 7) is 6.18. The summed E-state index contributed by atoms with van der Waals surface area (Å²) in [6, 6.07) is 1.53. The van der Waals surface area contributed by atoms with Gasteiger partial charge in [0.2, 0.25) is 0 Å². The van der Waals surface area contributed by atoms with Crippen LogP contribution in [0.3, 0.4) is 0 Å². The summed E-state index contributed by atoms with van der Waals surface area (Å²) in [4.78, 5) is 14.9. The molecule has 1 saturated carbocycles. The molecule has 1 N–H and O–H groups in total. The maximum Gasteiger partial charge on any atom is 0.354 e. The van der Waals surface area contributed by atoms with E-state index in [2.05, 4.69) is 25.8 Å². The van der Waals surface area contributed by atoms with Crippen LogP contribution < -0.4 is 4.74 Å². The van der Waals surface area contributed by atoms with E-state index in [1.165, 1.54) is 6.07 Å². The zero-order chi connectivity index (χ0) is 12.6. The van der Waals surface area contributed by atoms with E-state index < -0.39 is 5.97 Å². The first-order valence-electron chi connectivity index (χ1n) is 5.78. The molecule has 0 aliphatic heterocycles. The van der Waals surface area contributed by atoms with Crippen LogP contribution in [0, 0.1) is 0 Å². The van der Waals surface area contributed by atoms with Gasteiger partial charge in [-0.3, -0.25) is 0 Å². The van der Waals surface area contributed by atoms with Crippen LogP contribution in [0.5, 0.6) is 5.75 Å². The largest absolute Gasteiger partial charge is 0.490 e. The minimum absolute atomic E-state index is 0.0358. The van der Waals surface area contributed by atoms with E-state index in [9.17, 15) is 4.79 Å². The number of ether oxygens (including phenoxy) is 1. The predicted octanol–water partition coefficient (Wildman–Crippen LogP) is 2.62. The van der Waals surface area contributed by atoms with Crippen LogP contribution in [0.1, 0.15) is 49.7 Å². The summed E-state index contributed by atoms with van der Waals surface area (Å²) < 4.78 is 5.77. The van der Waals surface area contributed by atoms with Crippen LogP contribution in [0.2, 0.25) is 0 Å². The van der Waals surface area contributed by atoms with E-state index in [-0.39, 0.29) is 17.2 Å². The van der Waals surface area contributed by atoms with E-state index in [4.69, 9.17) is 9.84 Å². The maximum absolute atomic E-state index is 10.9. The van der Waals surface area contributed by atoms with Gasteiger partial charge in [0.15, 0.2) is 5.69 Å². The van der Waals surface area contributed by atoms with Crippen molar-refractivity contribution in [3.63, 3.8) is 0 Å². The number of carbonyl (C=O) groups is 1. The topological polar surface area (TPSA) is 59.4 Å². The van der Waals surface area contributed by atoms with Crippen molar-refractivity contribution < 1.29 is 14.6 Å². The van der Waals surface area contributed by atoms with Crippen LogP contribution >= 0.6 is 0 Å². The van der Waals surface area contributed by atoms with E-state index >= 15 is 0 Å². The first-order valence-corrected chi connectivity index (χ1v) is 5.78. The summed E-state index contributed by atoms with van der Waals surface area (Å²) in [7, 11) is 0. The van der Waals surface area contributed by atoms with Crippen LogP contribution in [0.15, 0.2) is 12.3 Å². The number of aromatic nitrogens is 1. The lowest BCUT2D eigenvalue weighted by atomic mass is 9.87. The van der Waals surface area contributed by atoms with Crippen molar-refractivity contribution in [2.45, 2.75) is 45.1 Å². The Morgan fingerprint density at radius 2 is 2.12 bits per heavy atom. The molecule has 0 saturated heterocycles. The van der Waals surface area contributed by atoms with E-state index in [0.717, 1.165) is 18.4 Å². The van der Waals surface area contributed by atoms with Crippen molar-refractivity contribution in [2.24, 2.45) is 0 Å². The number of pyridine rings is 1. The maximum atomic E-state index is 10.9. The number of rotatable bonds is 3. The normalized spacial score (nSPS) is 15.7. The first-order chi connectivity index (χ1) is 7.88. The van der Waals surface area contributed by atoms with E-state index in [1.54, 1.807) is 6.20 Å². The highest BCUT2D eigenvalue weighted by Crippen LogP contribution is 2.35. The molecular formula is C13H17NO3. The van der Waals surface area contributed by atoms with Gasteiger partial charge >= 0.3 is 5.97 Å². The van der Waals surface area contributed by atoms with Crippen molar-refractivity contribution in [3.05, 3.63) is 23.5 Å². The molecule has 0 bridgehead atoms. The van der Waals surface area contributed by atoms with Crippen LogP contribution in [0.4, 0.5) is 0 Å². The smallest absolute Gasteiger partial charge is 0.354 e. The highest BCUT2D eigenvalue weighted by molar-refractivity contribution is 5.85. The van der Waals surface area contributed by atoms with Crippen molar-refractivity contribution in [1.29, 1.82) is 0 Å². The van der Waals surface area contributed by atoms with E-state index in [1.807, 2.05) is 0 Å². The lowest BCUT2D eigenvalue weighted by Gasteiger charge is -2.22. The second kappa shape index (κ2) is 4.02. The fourth-order valence-electron chi connectivity index (χ4n) is 1.58. The molecule has 4 nitrogen and oxygen atoms in total. The molecule has 0 radical (unpaired) electrons. The van der Waals surface area contributed by atoms with Crippen LogP contribution in [-0.2, 0) is 5.41 Å². The molecule has 0 spiro atoms. The molecule has 17 heavy (non-hydrogen) atoms. The summed E-state index contributed by atoms with van der Waals surface area (Å²) in [5, 5.41) is 8.93. The Morgan fingerprint density at radius 3 is 2.59 bits per heavy atom. The molecule has 1 aromatic rings. The number of nitrogens with zero attached hydrogens (tertiary/aromatic N) is 1. The molecule has 92 valence electrons. The zero-order valence-electron chi connectivity index (χ0n) is 10.4. The Kier molecular flexibility index (Phi) is 2.81. The Balaban J connectivity index is 2.39. The third-order valence-corrected chi connectivity index (χ3v) is 2.71. The first kappa shape index (κ1) is 11.9. The molecule has 0 aromatic carbocycles. The number of hydrogen-bond donors (Lipinski definition) is 1. The van der Waals surface area contributed by atoms with Crippen molar-refractivity contribution in [2.75, 3.05) is 0 Å². The quantitative estimate of drug-likeness (QED) is 0.874. The van der Waals surface area contributed by atoms with Crippen molar-refractivity contribution in [3.8, 4) is 5.75 Å². The lowest BCUT2D eigenvalue weighted by Crippen LogP contribution is -2.16. The van der Waals surface area contributed by atoms with Gasteiger partial charge in [0.1, 0.15) is 5.75 Å². The number of carboxylic acids is 1. The molecular weight excluding hydrogens is 218 g/mol. The monoisotopic (exact) mass is 235 g/mol. The Morgan fingerprint density at radius 1 is 1.47 bits per heavy atom. The zero-order valence-corrected chi connectivity index (χ0v) is 10.4. The SMILES string of the molecule is CC(C)(C)c1cnc(C(=O)O)cc1OC1CC1. The number of carboxylic acid groups (broad SMARTS) is 1. The van der Waals surface area contributed by atoms with Gasteiger partial charge in [-0.25, -0.2) is 9.78 Å². The Bertz CT molecular complexity index is 444. The fourth-order valence-corrected chi connectivity index (χ4v) is 1.58.